The van der Waals surface area contributed by atoms with Crippen LogP contribution in [0.4, 0.5) is 5.82 Å². The summed E-state index contributed by atoms with van der Waals surface area (Å²) in [5.41, 5.74) is 3.44. The van der Waals surface area contributed by atoms with Gasteiger partial charge in [-0.3, -0.25) is 0 Å². The Morgan fingerprint density at radius 3 is 2.70 bits per heavy atom. The van der Waals surface area contributed by atoms with Crippen molar-refractivity contribution in [3.63, 3.8) is 0 Å². The Bertz CT molecular complexity index is 703. The zero-order valence-electron chi connectivity index (χ0n) is 11.8. The summed E-state index contributed by atoms with van der Waals surface area (Å²) in [6.07, 6.45) is 4.62. The third kappa shape index (κ3) is 2.25. The number of aromatic nitrogens is 3. The van der Waals surface area contributed by atoms with Crippen LogP contribution >= 0.6 is 0 Å². The molecular formula is C16H18N4. The second kappa shape index (κ2) is 5.33. The molecule has 0 saturated carbocycles. The number of H-pyrrole nitrogens is 1. The van der Waals surface area contributed by atoms with Gasteiger partial charge in [-0.2, -0.15) is 0 Å². The summed E-state index contributed by atoms with van der Waals surface area (Å²) in [6.45, 7) is 2.98. The second-order valence-corrected chi connectivity index (χ2v) is 4.93. The number of benzene rings is 1. The number of nitrogens with one attached hydrogen (secondary N) is 1. The highest BCUT2D eigenvalue weighted by atomic mass is 15.2. The predicted octanol–water partition coefficient (Wildman–Crippen LogP) is 3.16. The van der Waals surface area contributed by atoms with Crippen LogP contribution in [-0.2, 0) is 13.0 Å². The quantitative estimate of drug-likeness (QED) is 0.789. The fourth-order valence-corrected chi connectivity index (χ4v) is 2.51. The van der Waals surface area contributed by atoms with E-state index in [9.17, 15) is 0 Å². The highest BCUT2D eigenvalue weighted by Crippen LogP contribution is 2.26. The van der Waals surface area contributed by atoms with Crippen molar-refractivity contribution in [2.45, 2.75) is 19.9 Å². The molecule has 1 N–H and O–H groups in total. The van der Waals surface area contributed by atoms with Gasteiger partial charge < -0.3 is 9.88 Å². The molecular weight excluding hydrogens is 248 g/mol. The van der Waals surface area contributed by atoms with Crippen LogP contribution in [0.5, 0.6) is 0 Å². The van der Waals surface area contributed by atoms with E-state index in [2.05, 4.69) is 58.1 Å². The lowest BCUT2D eigenvalue weighted by Crippen LogP contribution is -2.18. The van der Waals surface area contributed by atoms with E-state index in [1.165, 1.54) is 11.1 Å². The SMILES string of the molecule is CCc1c[nH]c2ncnc(N(C)Cc3ccccc3)c12. The lowest BCUT2D eigenvalue weighted by atomic mass is 10.1. The van der Waals surface area contributed by atoms with Crippen molar-refractivity contribution in [2.24, 2.45) is 0 Å². The molecule has 1 aromatic carbocycles. The number of fused-ring (bicyclic) bond motifs is 1. The van der Waals surface area contributed by atoms with Crippen LogP contribution in [0, 0.1) is 0 Å². The van der Waals surface area contributed by atoms with E-state index in [1.54, 1.807) is 6.33 Å². The molecule has 0 saturated heterocycles. The minimum absolute atomic E-state index is 0.835. The molecule has 0 aliphatic carbocycles. The van der Waals surface area contributed by atoms with Crippen molar-refractivity contribution in [1.29, 1.82) is 0 Å². The van der Waals surface area contributed by atoms with E-state index >= 15 is 0 Å². The van der Waals surface area contributed by atoms with E-state index < -0.39 is 0 Å². The first-order valence-corrected chi connectivity index (χ1v) is 6.85. The van der Waals surface area contributed by atoms with Gasteiger partial charge in [0.1, 0.15) is 17.8 Å². The van der Waals surface area contributed by atoms with Crippen molar-refractivity contribution < 1.29 is 0 Å². The Morgan fingerprint density at radius 1 is 1.15 bits per heavy atom. The van der Waals surface area contributed by atoms with Crippen molar-refractivity contribution in [2.75, 3.05) is 11.9 Å². The summed E-state index contributed by atoms with van der Waals surface area (Å²) in [7, 11) is 2.07. The van der Waals surface area contributed by atoms with Crippen LogP contribution in [0.1, 0.15) is 18.1 Å². The smallest absolute Gasteiger partial charge is 0.143 e. The monoisotopic (exact) mass is 266 g/mol. The van der Waals surface area contributed by atoms with E-state index in [1.807, 2.05) is 12.3 Å². The number of aromatic amines is 1. The Hall–Kier alpha value is -2.36. The summed E-state index contributed by atoms with van der Waals surface area (Å²) in [5, 5.41) is 1.13. The van der Waals surface area contributed by atoms with Gasteiger partial charge in [0, 0.05) is 19.8 Å². The molecule has 2 heterocycles. The van der Waals surface area contributed by atoms with Crippen molar-refractivity contribution in [3.8, 4) is 0 Å². The fourth-order valence-electron chi connectivity index (χ4n) is 2.51. The number of rotatable bonds is 4. The predicted molar refractivity (Wildman–Crippen MR) is 81.8 cm³/mol. The Balaban J connectivity index is 1.99. The van der Waals surface area contributed by atoms with Gasteiger partial charge >= 0.3 is 0 Å². The van der Waals surface area contributed by atoms with Gasteiger partial charge in [0.15, 0.2) is 0 Å². The largest absolute Gasteiger partial charge is 0.355 e. The molecule has 0 aliphatic rings. The van der Waals surface area contributed by atoms with Gasteiger partial charge in [0.25, 0.3) is 0 Å². The normalized spacial score (nSPS) is 10.9. The van der Waals surface area contributed by atoms with Gasteiger partial charge in [-0.25, -0.2) is 9.97 Å². The van der Waals surface area contributed by atoms with E-state index in [0.717, 1.165) is 29.8 Å². The first kappa shape index (κ1) is 12.7. The minimum Gasteiger partial charge on any atom is -0.355 e. The van der Waals surface area contributed by atoms with Crippen LogP contribution < -0.4 is 4.90 Å². The van der Waals surface area contributed by atoms with Crippen LogP contribution in [0.15, 0.2) is 42.9 Å². The van der Waals surface area contributed by atoms with Gasteiger partial charge in [0.2, 0.25) is 0 Å². The van der Waals surface area contributed by atoms with Gasteiger partial charge in [-0.05, 0) is 17.5 Å². The van der Waals surface area contributed by atoms with Crippen molar-refractivity contribution in [3.05, 3.63) is 54.0 Å². The summed E-state index contributed by atoms with van der Waals surface area (Å²) < 4.78 is 0. The van der Waals surface area contributed by atoms with Crippen LogP contribution in [-0.4, -0.2) is 22.0 Å². The summed E-state index contributed by atoms with van der Waals surface area (Å²) in [6, 6.07) is 10.4. The number of anilines is 1. The first-order valence-electron chi connectivity index (χ1n) is 6.85. The Labute approximate surface area is 118 Å². The molecule has 0 unspecified atom stereocenters. The maximum Gasteiger partial charge on any atom is 0.143 e. The molecule has 0 spiro atoms. The first-order chi connectivity index (χ1) is 9.79. The molecule has 0 atom stereocenters. The third-order valence-electron chi connectivity index (χ3n) is 3.54. The van der Waals surface area contributed by atoms with E-state index in [0.29, 0.717) is 0 Å². The van der Waals surface area contributed by atoms with E-state index in [4.69, 9.17) is 0 Å². The second-order valence-electron chi connectivity index (χ2n) is 4.93. The van der Waals surface area contributed by atoms with E-state index in [-0.39, 0.29) is 0 Å². The maximum absolute atomic E-state index is 4.48. The Kier molecular flexibility index (Phi) is 3.37. The van der Waals surface area contributed by atoms with Crippen LogP contribution in [0.3, 0.4) is 0 Å². The average molecular weight is 266 g/mol. The highest BCUT2D eigenvalue weighted by Gasteiger charge is 2.13. The summed E-state index contributed by atoms with van der Waals surface area (Å²) in [5.74, 6) is 0.983. The molecule has 0 aliphatic heterocycles. The topological polar surface area (TPSA) is 44.8 Å². The number of aryl methyl sites for hydroxylation is 1. The number of nitrogens with zero attached hydrogens (tertiary/aromatic N) is 3. The zero-order chi connectivity index (χ0) is 13.9. The average Bonchev–Trinajstić information content (AvgIpc) is 2.91. The highest BCUT2D eigenvalue weighted by molar-refractivity contribution is 5.90. The summed E-state index contributed by atoms with van der Waals surface area (Å²) >= 11 is 0. The maximum atomic E-state index is 4.48. The van der Waals surface area contributed by atoms with Gasteiger partial charge in [-0.15, -0.1) is 0 Å². The minimum atomic E-state index is 0.835. The lowest BCUT2D eigenvalue weighted by molar-refractivity contribution is 0.899. The van der Waals surface area contributed by atoms with Gasteiger partial charge in [0.05, 0.1) is 5.39 Å². The molecule has 3 rings (SSSR count). The van der Waals surface area contributed by atoms with Crippen LogP contribution in [0.2, 0.25) is 0 Å². The molecule has 20 heavy (non-hydrogen) atoms. The fraction of sp³-hybridized carbons (Fsp3) is 0.250. The molecule has 0 fully saturated rings. The molecule has 3 aromatic rings. The molecule has 0 bridgehead atoms. The van der Waals surface area contributed by atoms with Crippen molar-refractivity contribution >= 4 is 16.9 Å². The molecule has 0 amide bonds. The number of hydrogen-bond acceptors (Lipinski definition) is 3. The molecule has 4 heteroatoms. The van der Waals surface area contributed by atoms with Crippen LogP contribution in [0.25, 0.3) is 11.0 Å². The molecule has 2 aromatic heterocycles. The lowest BCUT2D eigenvalue weighted by Gasteiger charge is -2.19. The standard InChI is InChI=1S/C16H18N4/c1-3-13-9-17-15-14(13)16(19-11-18-15)20(2)10-12-7-5-4-6-8-12/h4-9,11H,3,10H2,1-2H3,(H,17,18,19). The zero-order valence-corrected chi connectivity index (χ0v) is 11.8. The van der Waals surface area contributed by atoms with Crippen molar-refractivity contribution in [1.82, 2.24) is 15.0 Å². The Morgan fingerprint density at radius 2 is 1.95 bits per heavy atom. The number of hydrogen-bond donors (Lipinski definition) is 1. The molecule has 102 valence electrons. The van der Waals surface area contributed by atoms with Gasteiger partial charge in [-0.1, -0.05) is 37.3 Å². The molecule has 4 nitrogen and oxygen atoms in total. The third-order valence-corrected chi connectivity index (χ3v) is 3.54. The summed E-state index contributed by atoms with van der Waals surface area (Å²) in [4.78, 5) is 14.2. The molecule has 0 radical (unpaired) electrons.